The van der Waals surface area contributed by atoms with Gasteiger partial charge in [-0.05, 0) is 19.3 Å². The zero-order valence-corrected chi connectivity index (χ0v) is 15.0. The Hall–Kier alpha value is -2.61. The summed E-state index contributed by atoms with van der Waals surface area (Å²) < 4.78 is 8.22. The Balaban J connectivity index is 1.38. The van der Waals surface area contributed by atoms with E-state index in [4.69, 9.17) is 4.42 Å². The van der Waals surface area contributed by atoms with Crippen molar-refractivity contribution in [1.82, 2.24) is 19.1 Å². The Labute approximate surface area is 155 Å². The van der Waals surface area contributed by atoms with Crippen LogP contribution in [0.1, 0.15) is 32.1 Å². The molecule has 2 fully saturated rings. The van der Waals surface area contributed by atoms with Crippen molar-refractivity contribution >= 4 is 22.5 Å². The molecule has 1 aliphatic heterocycles. The van der Waals surface area contributed by atoms with Gasteiger partial charge >= 0.3 is 0 Å². The second-order valence-corrected chi connectivity index (χ2v) is 7.80. The molecule has 8 nitrogen and oxygen atoms in total. The van der Waals surface area contributed by atoms with Gasteiger partial charge in [0.05, 0.1) is 17.4 Å². The number of rotatable bonds is 2. The molecule has 4 heterocycles. The second-order valence-electron chi connectivity index (χ2n) is 7.80. The zero-order valence-electron chi connectivity index (χ0n) is 15.0. The summed E-state index contributed by atoms with van der Waals surface area (Å²) in [4.78, 5) is 27.3. The predicted octanol–water partition coefficient (Wildman–Crippen LogP) is 1.40. The lowest BCUT2D eigenvalue weighted by molar-refractivity contribution is -0.144. The summed E-state index contributed by atoms with van der Waals surface area (Å²) in [6, 6.07) is 3.45. The minimum absolute atomic E-state index is 0.0903. The summed E-state index contributed by atoms with van der Waals surface area (Å²) in [5, 5.41) is 14.9. The summed E-state index contributed by atoms with van der Waals surface area (Å²) in [5.74, 6) is 0.00506. The van der Waals surface area contributed by atoms with Gasteiger partial charge in [-0.3, -0.25) is 14.0 Å². The standard InChI is InChI=1S/C19H22N4O4/c24-17(21-7-6-19(26)5-2-1-3-13(19)10-21)11-23-18(25)15-9-16-14(4-8-27-16)22(15)12-20-23/h4,8-9,12-13,26H,1-3,5-7,10-11H2. The largest absolute Gasteiger partial charge is 0.463 e. The molecule has 8 heteroatoms. The molecule has 0 aromatic carbocycles. The lowest BCUT2D eigenvalue weighted by Gasteiger charge is -2.47. The molecule has 1 saturated carbocycles. The van der Waals surface area contributed by atoms with E-state index in [0.717, 1.165) is 31.2 Å². The normalized spacial score (nSPS) is 25.8. The Morgan fingerprint density at radius 3 is 3.11 bits per heavy atom. The highest BCUT2D eigenvalue weighted by Crippen LogP contribution is 2.39. The van der Waals surface area contributed by atoms with Gasteiger partial charge in [-0.2, -0.15) is 5.10 Å². The van der Waals surface area contributed by atoms with Crippen LogP contribution in [0.4, 0.5) is 0 Å². The van der Waals surface area contributed by atoms with Crippen LogP contribution in [0.15, 0.2) is 33.9 Å². The molecule has 3 aromatic heterocycles. The monoisotopic (exact) mass is 370 g/mol. The quantitative estimate of drug-likeness (QED) is 0.736. The van der Waals surface area contributed by atoms with E-state index >= 15 is 0 Å². The molecule has 2 atom stereocenters. The third-order valence-corrected chi connectivity index (χ3v) is 6.29. The van der Waals surface area contributed by atoms with E-state index in [0.29, 0.717) is 30.6 Å². The summed E-state index contributed by atoms with van der Waals surface area (Å²) in [6.07, 6.45) is 7.65. The van der Waals surface area contributed by atoms with E-state index in [1.54, 1.807) is 27.7 Å². The molecule has 142 valence electrons. The fourth-order valence-corrected chi connectivity index (χ4v) is 4.67. The van der Waals surface area contributed by atoms with Crippen LogP contribution in [-0.2, 0) is 11.3 Å². The van der Waals surface area contributed by atoms with Gasteiger partial charge in [0.25, 0.3) is 5.56 Å². The number of aliphatic hydroxyl groups is 1. The van der Waals surface area contributed by atoms with Crippen LogP contribution in [0.25, 0.3) is 16.6 Å². The number of furan rings is 1. The Morgan fingerprint density at radius 1 is 1.33 bits per heavy atom. The highest BCUT2D eigenvalue weighted by molar-refractivity contribution is 5.82. The lowest BCUT2D eigenvalue weighted by Crippen LogP contribution is -2.55. The fraction of sp³-hybridized carbons (Fsp3) is 0.526. The van der Waals surface area contributed by atoms with E-state index in [1.165, 1.54) is 11.0 Å². The zero-order chi connectivity index (χ0) is 18.6. The van der Waals surface area contributed by atoms with Crippen LogP contribution in [0, 0.1) is 5.92 Å². The van der Waals surface area contributed by atoms with Crippen molar-refractivity contribution in [3.05, 3.63) is 35.1 Å². The van der Waals surface area contributed by atoms with Gasteiger partial charge in [0, 0.05) is 31.1 Å². The number of fused-ring (bicyclic) bond motifs is 4. The average molecular weight is 370 g/mol. The van der Waals surface area contributed by atoms with Gasteiger partial charge in [-0.15, -0.1) is 0 Å². The maximum absolute atomic E-state index is 12.8. The van der Waals surface area contributed by atoms with Crippen LogP contribution in [0.2, 0.25) is 0 Å². The van der Waals surface area contributed by atoms with Crippen molar-refractivity contribution in [2.24, 2.45) is 5.92 Å². The Kier molecular flexibility index (Phi) is 3.65. The molecule has 2 unspecified atom stereocenters. The molecule has 27 heavy (non-hydrogen) atoms. The first-order valence-corrected chi connectivity index (χ1v) is 9.50. The van der Waals surface area contributed by atoms with E-state index in [-0.39, 0.29) is 23.9 Å². The first kappa shape index (κ1) is 16.6. The molecular weight excluding hydrogens is 348 g/mol. The number of nitrogens with zero attached hydrogens (tertiary/aromatic N) is 4. The number of likely N-dealkylation sites (tertiary alicyclic amines) is 1. The summed E-state index contributed by atoms with van der Waals surface area (Å²) >= 11 is 0. The molecule has 1 amide bonds. The number of hydrogen-bond donors (Lipinski definition) is 1. The van der Waals surface area contributed by atoms with E-state index < -0.39 is 5.60 Å². The predicted molar refractivity (Wildman–Crippen MR) is 97.3 cm³/mol. The molecule has 1 N–H and O–H groups in total. The van der Waals surface area contributed by atoms with Gasteiger partial charge in [0.2, 0.25) is 5.91 Å². The molecular formula is C19H22N4O4. The topological polar surface area (TPSA) is 93.0 Å². The third kappa shape index (κ3) is 2.58. The first-order chi connectivity index (χ1) is 13.0. The van der Waals surface area contributed by atoms with Crippen molar-refractivity contribution in [2.45, 2.75) is 44.2 Å². The van der Waals surface area contributed by atoms with Gasteiger partial charge in [-0.1, -0.05) is 12.8 Å². The molecule has 3 aromatic rings. The van der Waals surface area contributed by atoms with Crippen LogP contribution in [-0.4, -0.2) is 48.8 Å². The average Bonchev–Trinajstić information content (AvgIpc) is 3.25. The fourth-order valence-electron chi connectivity index (χ4n) is 4.67. The Bertz CT molecular complexity index is 1080. The van der Waals surface area contributed by atoms with Crippen LogP contribution < -0.4 is 5.56 Å². The molecule has 0 spiro atoms. The van der Waals surface area contributed by atoms with Gasteiger partial charge in [-0.25, -0.2) is 4.68 Å². The SMILES string of the molecule is O=C(Cn1ncn2c(cc3occc32)c1=O)N1CCC2(O)CCCCC2C1. The molecule has 0 bridgehead atoms. The van der Waals surface area contributed by atoms with Gasteiger partial charge < -0.3 is 14.4 Å². The maximum Gasteiger partial charge on any atom is 0.291 e. The summed E-state index contributed by atoms with van der Waals surface area (Å²) in [6.45, 7) is 0.998. The number of carbonyl (C=O) groups excluding carboxylic acids is 1. The lowest BCUT2D eigenvalue weighted by atomic mass is 9.71. The highest BCUT2D eigenvalue weighted by atomic mass is 16.3. The van der Waals surface area contributed by atoms with Crippen LogP contribution in [0.5, 0.6) is 0 Å². The van der Waals surface area contributed by atoms with Crippen LogP contribution >= 0.6 is 0 Å². The highest BCUT2D eigenvalue weighted by Gasteiger charge is 2.43. The Morgan fingerprint density at radius 2 is 2.22 bits per heavy atom. The number of carbonyl (C=O) groups is 1. The van der Waals surface area contributed by atoms with E-state index in [2.05, 4.69) is 5.10 Å². The number of aromatic nitrogens is 3. The molecule has 5 rings (SSSR count). The minimum atomic E-state index is -0.622. The van der Waals surface area contributed by atoms with Crippen molar-refractivity contribution in [3.8, 4) is 0 Å². The van der Waals surface area contributed by atoms with Gasteiger partial charge in [0.1, 0.15) is 18.4 Å². The van der Waals surface area contributed by atoms with Crippen molar-refractivity contribution in [1.29, 1.82) is 0 Å². The second kappa shape index (κ2) is 5.95. The van der Waals surface area contributed by atoms with E-state index in [1.807, 2.05) is 0 Å². The van der Waals surface area contributed by atoms with Crippen molar-refractivity contribution < 1.29 is 14.3 Å². The third-order valence-electron chi connectivity index (χ3n) is 6.29. The number of amides is 1. The first-order valence-electron chi connectivity index (χ1n) is 9.50. The van der Waals surface area contributed by atoms with E-state index in [9.17, 15) is 14.7 Å². The summed E-state index contributed by atoms with van der Waals surface area (Å²) in [7, 11) is 0. The van der Waals surface area contributed by atoms with Crippen molar-refractivity contribution in [2.75, 3.05) is 13.1 Å². The smallest absolute Gasteiger partial charge is 0.291 e. The molecule has 1 aliphatic carbocycles. The molecule has 2 aliphatic rings. The van der Waals surface area contributed by atoms with Crippen LogP contribution in [0.3, 0.4) is 0 Å². The van der Waals surface area contributed by atoms with Gasteiger partial charge in [0.15, 0.2) is 5.58 Å². The molecule has 1 saturated heterocycles. The molecule has 0 radical (unpaired) electrons. The number of piperidine rings is 1. The maximum atomic E-state index is 12.8. The minimum Gasteiger partial charge on any atom is -0.463 e. The number of hydrogen-bond acceptors (Lipinski definition) is 5. The van der Waals surface area contributed by atoms with Crippen molar-refractivity contribution in [3.63, 3.8) is 0 Å². The summed E-state index contributed by atoms with van der Waals surface area (Å²) in [5.41, 5.74) is 0.894.